The standard InChI is InChI=1S/C19H30N4.HI/c1-20-19(21-11-7-16-8-12-22(2)13-9-16)23-14-10-17-5-3-4-6-18(17)15-23;/h3-6,16H,7-15H2,1-2H3,(H,20,21);1H. The van der Waals surface area contributed by atoms with Crippen LogP contribution >= 0.6 is 24.0 Å². The van der Waals surface area contributed by atoms with Crippen molar-refractivity contribution >= 4 is 29.9 Å². The molecule has 5 heteroatoms. The van der Waals surface area contributed by atoms with Gasteiger partial charge in [-0.2, -0.15) is 0 Å². The van der Waals surface area contributed by atoms with Crippen molar-refractivity contribution in [1.29, 1.82) is 0 Å². The average molecular weight is 442 g/mol. The second-order valence-corrected chi connectivity index (χ2v) is 6.95. The van der Waals surface area contributed by atoms with E-state index in [1.165, 1.54) is 43.5 Å². The zero-order chi connectivity index (χ0) is 16.1. The summed E-state index contributed by atoms with van der Waals surface area (Å²) in [6.45, 7) is 5.58. The molecule has 1 aromatic carbocycles. The lowest BCUT2D eigenvalue weighted by atomic mass is 9.94. The molecule has 3 rings (SSSR count). The Bertz CT molecular complexity index is 538. The Morgan fingerprint density at radius 3 is 2.58 bits per heavy atom. The second kappa shape index (κ2) is 9.61. The van der Waals surface area contributed by atoms with E-state index in [1.807, 2.05) is 7.05 Å². The van der Waals surface area contributed by atoms with Crippen LogP contribution in [0.15, 0.2) is 29.3 Å². The Morgan fingerprint density at radius 2 is 1.88 bits per heavy atom. The zero-order valence-electron chi connectivity index (χ0n) is 15.0. The molecule has 1 N–H and O–H groups in total. The van der Waals surface area contributed by atoms with Gasteiger partial charge < -0.3 is 15.1 Å². The van der Waals surface area contributed by atoms with E-state index in [0.29, 0.717) is 0 Å². The highest BCUT2D eigenvalue weighted by Crippen LogP contribution is 2.20. The summed E-state index contributed by atoms with van der Waals surface area (Å²) in [4.78, 5) is 9.33. The summed E-state index contributed by atoms with van der Waals surface area (Å²) >= 11 is 0. The van der Waals surface area contributed by atoms with Gasteiger partial charge in [0.15, 0.2) is 5.96 Å². The van der Waals surface area contributed by atoms with Crippen LogP contribution < -0.4 is 5.32 Å². The third-order valence-electron chi connectivity index (χ3n) is 5.32. The second-order valence-electron chi connectivity index (χ2n) is 6.95. The van der Waals surface area contributed by atoms with E-state index in [4.69, 9.17) is 0 Å². The molecule has 2 aliphatic heterocycles. The van der Waals surface area contributed by atoms with Gasteiger partial charge >= 0.3 is 0 Å². The number of guanidine groups is 1. The van der Waals surface area contributed by atoms with Crippen LogP contribution in [0.3, 0.4) is 0 Å². The lowest BCUT2D eigenvalue weighted by Gasteiger charge is -2.32. The van der Waals surface area contributed by atoms with Crippen molar-refractivity contribution < 1.29 is 0 Å². The molecule has 2 heterocycles. The first kappa shape index (κ1) is 19.5. The molecule has 0 unspecified atom stereocenters. The number of benzene rings is 1. The van der Waals surface area contributed by atoms with Gasteiger partial charge in [0.05, 0.1) is 0 Å². The number of nitrogens with one attached hydrogen (secondary N) is 1. The number of hydrogen-bond donors (Lipinski definition) is 1. The third-order valence-corrected chi connectivity index (χ3v) is 5.32. The summed E-state index contributed by atoms with van der Waals surface area (Å²) < 4.78 is 0. The van der Waals surface area contributed by atoms with E-state index in [1.54, 1.807) is 0 Å². The SMILES string of the molecule is CN=C(NCCC1CCN(C)CC1)N1CCc2ccccc2C1.I. The largest absolute Gasteiger partial charge is 0.356 e. The van der Waals surface area contributed by atoms with Gasteiger partial charge in [-0.15, -0.1) is 24.0 Å². The molecule has 1 saturated heterocycles. The number of piperidine rings is 1. The summed E-state index contributed by atoms with van der Waals surface area (Å²) in [5, 5.41) is 3.59. The van der Waals surface area contributed by atoms with E-state index in [0.717, 1.165) is 37.9 Å². The Hall–Kier alpha value is -0.820. The molecule has 1 aromatic rings. The molecule has 0 aromatic heterocycles. The van der Waals surface area contributed by atoms with Crippen LogP contribution in [0.5, 0.6) is 0 Å². The molecule has 2 aliphatic rings. The fourth-order valence-corrected chi connectivity index (χ4v) is 3.75. The minimum absolute atomic E-state index is 0. The molecule has 0 bridgehead atoms. The first-order chi connectivity index (χ1) is 11.3. The van der Waals surface area contributed by atoms with E-state index >= 15 is 0 Å². The van der Waals surface area contributed by atoms with Crippen LogP contribution in [0.1, 0.15) is 30.4 Å². The molecule has 0 saturated carbocycles. The number of nitrogens with zero attached hydrogens (tertiary/aromatic N) is 3. The molecule has 134 valence electrons. The Balaban J connectivity index is 0.00000208. The van der Waals surface area contributed by atoms with Crippen LogP contribution in [0.2, 0.25) is 0 Å². The van der Waals surface area contributed by atoms with Gasteiger partial charge in [0.2, 0.25) is 0 Å². The lowest BCUT2D eigenvalue weighted by molar-refractivity contribution is 0.212. The quantitative estimate of drug-likeness (QED) is 0.444. The maximum Gasteiger partial charge on any atom is 0.193 e. The van der Waals surface area contributed by atoms with Gasteiger partial charge in [0.1, 0.15) is 0 Å². The molecule has 1 fully saturated rings. The van der Waals surface area contributed by atoms with Gasteiger partial charge in [-0.1, -0.05) is 24.3 Å². The van der Waals surface area contributed by atoms with Crippen molar-refractivity contribution in [2.45, 2.75) is 32.2 Å². The summed E-state index contributed by atoms with van der Waals surface area (Å²) in [5.74, 6) is 1.94. The van der Waals surface area contributed by atoms with Crippen LogP contribution in [-0.2, 0) is 13.0 Å². The van der Waals surface area contributed by atoms with Crippen LogP contribution in [0.25, 0.3) is 0 Å². The van der Waals surface area contributed by atoms with Crippen LogP contribution in [0.4, 0.5) is 0 Å². The number of halogens is 1. The van der Waals surface area contributed by atoms with Gasteiger partial charge in [-0.3, -0.25) is 4.99 Å². The van der Waals surface area contributed by atoms with Crippen molar-refractivity contribution in [1.82, 2.24) is 15.1 Å². The normalized spacial score (nSPS) is 19.6. The summed E-state index contributed by atoms with van der Waals surface area (Å²) in [5.41, 5.74) is 2.93. The minimum Gasteiger partial charge on any atom is -0.356 e. The van der Waals surface area contributed by atoms with Crippen molar-refractivity contribution in [3.63, 3.8) is 0 Å². The monoisotopic (exact) mass is 442 g/mol. The highest BCUT2D eigenvalue weighted by atomic mass is 127. The maximum absolute atomic E-state index is 4.50. The van der Waals surface area contributed by atoms with E-state index in [-0.39, 0.29) is 24.0 Å². The van der Waals surface area contributed by atoms with Crippen molar-refractivity contribution in [2.24, 2.45) is 10.9 Å². The van der Waals surface area contributed by atoms with E-state index < -0.39 is 0 Å². The fraction of sp³-hybridized carbons (Fsp3) is 0.632. The number of likely N-dealkylation sites (tertiary alicyclic amines) is 1. The average Bonchev–Trinajstić information content (AvgIpc) is 2.60. The first-order valence-electron chi connectivity index (χ1n) is 8.97. The summed E-state index contributed by atoms with van der Waals surface area (Å²) in [7, 11) is 4.13. The van der Waals surface area contributed by atoms with E-state index in [2.05, 4.69) is 51.4 Å². The van der Waals surface area contributed by atoms with Crippen molar-refractivity contribution in [3.05, 3.63) is 35.4 Å². The van der Waals surface area contributed by atoms with Gasteiger partial charge in [0.25, 0.3) is 0 Å². The third kappa shape index (κ3) is 5.09. The van der Waals surface area contributed by atoms with Crippen LogP contribution in [0, 0.1) is 5.92 Å². The number of aliphatic imine (C=N–C) groups is 1. The molecular weight excluding hydrogens is 411 g/mol. The fourth-order valence-electron chi connectivity index (χ4n) is 3.75. The number of hydrogen-bond acceptors (Lipinski definition) is 2. The molecule has 24 heavy (non-hydrogen) atoms. The number of rotatable bonds is 3. The van der Waals surface area contributed by atoms with Gasteiger partial charge in [-0.25, -0.2) is 0 Å². The smallest absolute Gasteiger partial charge is 0.193 e. The predicted octanol–water partition coefficient (Wildman–Crippen LogP) is 2.97. The maximum atomic E-state index is 4.50. The van der Waals surface area contributed by atoms with Gasteiger partial charge in [-0.05, 0) is 62.9 Å². The summed E-state index contributed by atoms with van der Waals surface area (Å²) in [6.07, 6.45) is 5.06. The minimum atomic E-state index is 0. The Kier molecular flexibility index (Phi) is 7.81. The Labute approximate surface area is 163 Å². The zero-order valence-corrected chi connectivity index (χ0v) is 17.3. The van der Waals surface area contributed by atoms with Crippen molar-refractivity contribution in [3.8, 4) is 0 Å². The van der Waals surface area contributed by atoms with Crippen LogP contribution in [-0.4, -0.2) is 56.0 Å². The van der Waals surface area contributed by atoms with Crippen molar-refractivity contribution in [2.75, 3.05) is 40.3 Å². The Morgan fingerprint density at radius 1 is 1.17 bits per heavy atom. The topological polar surface area (TPSA) is 30.9 Å². The molecule has 0 amide bonds. The lowest BCUT2D eigenvalue weighted by Crippen LogP contribution is -2.44. The molecule has 0 aliphatic carbocycles. The molecule has 4 nitrogen and oxygen atoms in total. The molecule has 0 radical (unpaired) electrons. The highest BCUT2D eigenvalue weighted by Gasteiger charge is 2.20. The number of fused-ring (bicyclic) bond motifs is 1. The van der Waals surface area contributed by atoms with E-state index in [9.17, 15) is 0 Å². The molecule has 0 atom stereocenters. The highest BCUT2D eigenvalue weighted by molar-refractivity contribution is 14.0. The molecular formula is C19H31IN4. The summed E-state index contributed by atoms with van der Waals surface area (Å²) in [6, 6.07) is 8.78. The predicted molar refractivity (Wildman–Crippen MR) is 112 cm³/mol. The first-order valence-corrected chi connectivity index (χ1v) is 8.97. The van der Waals surface area contributed by atoms with Gasteiger partial charge in [0, 0.05) is 26.7 Å². The molecule has 0 spiro atoms.